The van der Waals surface area contributed by atoms with Crippen LogP contribution in [-0.4, -0.2) is 26.4 Å². The van der Waals surface area contributed by atoms with Crippen LogP contribution in [-0.2, 0) is 0 Å². The molecular weight excluding hydrogens is 665 g/mol. The number of benzene rings is 7. The van der Waals surface area contributed by atoms with E-state index in [1.807, 2.05) is 109 Å². The van der Waals surface area contributed by atoms with Gasteiger partial charge in [-0.25, -0.2) is 15.0 Å². The molecule has 1 aliphatic rings. The number of para-hydroxylation sites is 2. The summed E-state index contributed by atoms with van der Waals surface area (Å²) in [5.74, 6) is 1.62. The minimum Gasteiger partial charge on any atom is -0.456 e. The first-order chi connectivity index (χ1) is 26.7. The second-order valence-electron chi connectivity index (χ2n) is 13.2. The van der Waals surface area contributed by atoms with Crippen LogP contribution in [0.2, 0.25) is 0 Å². The largest absolute Gasteiger partial charge is 0.456 e. The fourth-order valence-corrected chi connectivity index (χ4v) is 7.17. The number of rotatable bonds is 6. The van der Waals surface area contributed by atoms with Gasteiger partial charge in [-0.05, 0) is 69.9 Å². The zero-order valence-corrected chi connectivity index (χ0v) is 28.9. The van der Waals surface area contributed by atoms with Gasteiger partial charge in [-0.15, -0.1) is 0 Å². The number of fused-ring (bicyclic) bond motifs is 6. The van der Waals surface area contributed by atoms with E-state index in [-0.39, 0.29) is 0 Å². The summed E-state index contributed by atoms with van der Waals surface area (Å²) in [5, 5.41) is 17.9. The number of hydrogen-bond acceptors (Lipinski definition) is 7. The van der Waals surface area contributed by atoms with Crippen molar-refractivity contribution in [2.75, 3.05) is 5.43 Å². The molecular formula is C47H30N6O. The molecule has 7 heteroatoms. The lowest BCUT2D eigenvalue weighted by Gasteiger charge is -2.17. The van der Waals surface area contributed by atoms with E-state index < -0.39 is 0 Å². The monoisotopic (exact) mass is 694 g/mol. The van der Waals surface area contributed by atoms with E-state index in [9.17, 15) is 5.41 Å². The van der Waals surface area contributed by atoms with Gasteiger partial charge in [-0.1, -0.05) is 127 Å². The molecule has 0 radical (unpaired) electrons. The van der Waals surface area contributed by atoms with Gasteiger partial charge in [-0.2, -0.15) is 5.10 Å². The number of hydrogen-bond donors (Lipinski definition) is 2. The van der Waals surface area contributed by atoms with E-state index in [0.717, 1.165) is 77.3 Å². The third-order valence-corrected chi connectivity index (χ3v) is 9.84. The SMILES string of the molecule is N=C1/C(=N\Nc2ccccc2)C=Cc2ccc3ccc(-c4nc(-c5ccc6c(c5)oc5ccccc56)nc(-c5ccccc5-c5ccccc5)n4)cc3c21. The molecule has 0 bridgehead atoms. The molecule has 10 rings (SSSR count). The molecule has 0 atom stereocenters. The second kappa shape index (κ2) is 12.9. The van der Waals surface area contributed by atoms with Crippen LogP contribution in [0.15, 0.2) is 173 Å². The minimum absolute atomic E-state index is 0.339. The number of hydrazone groups is 1. The summed E-state index contributed by atoms with van der Waals surface area (Å²) in [5.41, 5.74) is 12.8. The van der Waals surface area contributed by atoms with Gasteiger partial charge in [0.15, 0.2) is 17.5 Å². The molecule has 9 aromatic rings. The number of anilines is 1. The lowest BCUT2D eigenvalue weighted by Crippen LogP contribution is -2.18. The fourth-order valence-electron chi connectivity index (χ4n) is 7.17. The van der Waals surface area contributed by atoms with Crippen molar-refractivity contribution in [3.8, 4) is 45.3 Å². The van der Waals surface area contributed by atoms with E-state index in [1.54, 1.807) is 0 Å². The summed E-state index contributed by atoms with van der Waals surface area (Å²) in [6, 6.07) is 52.7. The molecule has 2 N–H and O–H groups in total. The van der Waals surface area contributed by atoms with Crippen LogP contribution in [0.25, 0.3) is 84.1 Å². The highest BCUT2D eigenvalue weighted by atomic mass is 16.3. The topological polar surface area (TPSA) is 100 Å². The van der Waals surface area contributed by atoms with Gasteiger partial charge >= 0.3 is 0 Å². The number of nitrogens with one attached hydrogen (secondary N) is 2. The van der Waals surface area contributed by atoms with E-state index in [0.29, 0.717) is 28.9 Å². The van der Waals surface area contributed by atoms with Crippen molar-refractivity contribution in [2.45, 2.75) is 0 Å². The summed E-state index contributed by atoms with van der Waals surface area (Å²) in [4.78, 5) is 15.4. The van der Waals surface area contributed by atoms with Crippen LogP contribution < -0.4 is 5.43 Å². The van der Waals surface area contributed by atoms with Crippen LogP contribution in [0.4, 0.5) is 5.69 Å². The first kappa shape index (κ1) is 31.2. The Morgan fingerprint density at radius 3 is 1.98 bits per heavy atom. The summed E-state index contributed by atoms with van der Waals surface area (Å²) >= 11 is 0. The normalized spacial score (nSPS) is 13.2. The molecule has 0 unspecified atom stereocenters. The maximum absolute atomic E-state index is 9.28. The minimum atomic E-state index is 0.339. The molecule has 54 heavy (non-hydrogen) atoms. The molecule has 0 spiro atoms. The molecule has 0 amide bonds. The van der Waals surface area contributed by atoms with Crippen LogP contribution in [0, 0.1) is 5.41 Å². The predicted octanol–water partition coefficient (Wildman–Crippen LogP) is 11.5. The van der Waals surface area contributed by atoms with E-state index in [4.69, 9.17) is 19.4 Å². The lowest BCUT2D eigenvalue weighted by atomic mass is 9.88. The molecule has 0 fully saturated rings. The lowest BCUT2D eigenvalue weighted by molar-refractivity contribution is 0.669. The average molecular weight is 695 g/mol. The Morgan fingerprint density at radius 1 is 0.500 bits per heavy atom. The van der Waals surface area contributed by atoms with Crippen molar-refractivity contribution in [1.29, 1.82) is 5.41 Å². The van der Waals surface area contributed by atoms with E-state index in [1.165, 1.54) is 0 Å². The average Bonchev–Trinajstić information content (AvgIpc) is 3.61. The molecule has 2 heterocycles. The third-order valence-electron chi connectivity index (χ3n) is 9.84. The Kier molecular flexibility index (Phi) is 7.47. The summed E-state index contributed by atoms with van der Waals surface area (Å²) in [6.07, 6.45) is 3.89. The molecule has 7 aromatic carbocycles. The maximum atomic E-state index is 9.28. The first-order valence-corrected chi connectivity index (χ1v) is 17.7. The van der Waals surface area contributed by atoms with E-state index in [2.05, 4.69) is 71.2 Å². The molecule has 1 aliphatic carbocycles. The number of nitrogens with zero attached hydrogens (tertiary/aromatic N) is 4. The van der Waals surface area contributed by atoms with Crippen LogP contribution in [0.3, 0.4) is 0 Å². The molecule has 2 aromatic heterocycles. The van der Waals surface area contributed by atoms with Gasteiger partial charge in [-0.3, -0.25) is 10.8 Å². The Bertz CT molecular complexity index is 2980. The van der Waals surface area contributed by atoms with Crippen molar-refractivity contribution in [3.05, 3.63) is 175 Å². The Hall–Kier alpha value is -7.51. The third kappa shape index (κ3) is 5.52. The predicted molar refractivity (Wildman–Crippen MR) is 220 cm³/mol. The molecule has 0 saturated heterocycles. The molecule has 7 nitrogen and oxygen atoms in total. The molecule has 0 saturated carbocycles. The first-order valence-electron chi connectivity index (χ1n) is 17.7. The van der Waals surface area contributed by atoms with Gasteiger partial charge in [0.2, 0.25) is 0 Å². The fraction of sp³-hybridized carbons (Fsp3) is 0. The maximum Gasteiger partial charge on any atom is 0.164 e. The van der Waals surface area contributed by atoms with Crippen molar-refractivity contribution >= 4 is 55.9 Å². The highest BCUT2D eigenvalue weighted by Gasteiger charge is 2.21. The summed E-state index contributed by atoms with van der Waals surface area (Å²) in [6.45, 7) is 0. The Morgan fingerprint density at radius 2 is 1.15 bits per heavy atom. The highest BCUT2D eigenvalue weighted by molar-refractivity contribution is 6.55. The Labute approximate surface area is 310 Å². The smallest absolute Gasteiger partial charge is 0.164 e. The van der Waals surface area contributed by atoms with Crippen LogP contribution >= 0.6 is 0 Å². The van der Waals surface area contributed by atoms with Gasteiger partial charge in [0.25, 0.3) is 0 Å². The van der Waals surface area contributed by atoms with Crippen molar-refractivity contribution in [2.24, 2.45) is 5.10 Å². The number of aromatic nitrogens is 3. The van der Waals surface area contributed by atoms with Gasteiger partial charge in [0.1, 0.15) is 16.9 Å². The van der Waals surface area contributed by atoms with Crippen molar-refractivity contribution in [1.82, 2.24) is 15.0 Å². The standard InChI is InChI=1S/C47H30N6O/c48-44-40(53-52-34-13-5-2-6-14-34)26-24-31-21-19-30-20-22-32(27-39(30)43(31)44)45-49-46(33-23-25-37-36-16-9-10-18-41(36)54-42(37)28-33)51-47(50-45)38-17-8-7-15-35(38)29-11-3-1-4-12-29/h1-28,48,52H/b48-44?,53-40-. The molecule has 0 aliphatic heterocycles. The quantitative estimate of drug-likeness (QED) is 0.169. The van der Waals surface area contributed by atoms with Gasteiger partial charge < -0.3 is 4.42 Å². The van der Waals surface area contributed by atoms with Gasteiger partial charge in [0.05, 0.1) is 11.4 Å². The highest BCUT2D eigenvalue weighted by Crippen LogP contribution is 2.36. The van der Waals surface area contributed by atoms with E-state index >= 15 is 0 Å². The number of allylic oxidation sites excluding steroid dienone is 1. The Balaban J connectivity index is 1.14. The van der Waals surface area contributed by atoms with Gasteiger partial charge in [0, 0.05) is 33.0 Å². The van der Waals surface area contributed by atoms with Crippen molar-refractivity contribution < 1.29 is 4.42 Å². The van der Waals surface area contributed by atoms with Crippen LogP contribution in [0.5, 0.6) is 0 Å². The molecule has 254 valence electrons. The zero-order valence-electron chi connectivity index (χ0n) is 28.9. The zero-order chi connectivity index (χ0) is 36.0. The summed E-state index contributed by atoms with van der Waals surface area (Å²) in [7, 11) is 0. The number of furan rings is 1. The van der Waals surface area contributed by atoms with Crippen molar-refractivity contribution in [3.63, 3.8) is 0 Å². The summed E-state index contributed by atoms with van der Waals surface area (Å²) < 4.78 is 6.27. The second-order valence-corrected chi connectivity index (χ2v) is 13.2. The van der Waals surface area contributed by atoms with Crippen LogP contribution in [0.1, 0.15) is 11.1 Å².